The van der Waals surface area contributed by atoms with Crippen LogP contribution in [0, 0.1) is 17.0 Å². The summed E-state index contributed by atoms with van der Waals surface area (Å²) in [6, 6.07) is 1.56. The van der Waals surface area contributed by atoms with Crippen LogP contribution in [0.25, 0.3) is 0 Å². The van der Waals surface area contributed by atoms with Crippen molar-refractivity contribution in [2.45, 2.75) is 25.7 Å². The first kappa shape index (κ1) is 16.2. The van der Waals surface area contributed by atoms with Gasteiger partial charge >= 0.3 is 0 Å². The maximum atomic E-state index is 10.9. The van der Waals surface area contributed by atoms with Gasteiger partial charge in [0.2, 0.25) is 5.89 Å². The summed E-state index contributed by atoms with van der Waals surface area (Å²) in [5.74, 6) is 2.10. The van der Waals surface area contributed by atoms with Gasteiger partial charge in [-0.3, -0.25) is 10.1 Å². The van der Waals surface area contributed by atoms with Gasteiger partial charge in [-0.05, 0) is 30.5 Å². The van der Waals surface area contributed by atoms with Gasteiger partial charge in [-0.2, -0.15) is 4.98 Å². The van der Waals surface area contributed by atoms with Crippen LogP contribution >= 0.6 is 0 Å². The lowest BCUT2D eigenvalue weighted by Gasteiger charge is -2.32. The molecule has 0 aromatic carbocycles. The van der Waals surface area contributed by atoms with Crippen LogP contribution in [0.3, 0.4) is 0 Å². The summed E-state index contributed by atoms with van der Waals surface area (Å²) in [7, 11) is 3.73. The summed E-state index contributed by atoms with van der Waals surface area (Å²) in [6.07, 6.45) is 3.25. The molecule has 24 heavy (non-hydrogen) atoms. The molecule has 1 aliphatic rings. The van der Waals surface area contributed by atoms with Gasteiger partial charge in [0.25, 0.3) is 11.6 Å². The van der Waals surface area contributed by atoms with Gasteiger partial charge in [-0.1, -0.05) is 0 Å². The monoisotopic (exact) mass is 332 g/mol. The highest BCUT2D eigenvalue weighted by molar-refractivity contribution is 5.51. The van der Waals surface area contributed by atoms with Gasteiger partial charge < -0.3 is 14.3 Å². The first-order chi connectivity index (χ1) is 11.5. The number of nitro groups is 1. The van der Waals surface area contributed by atoms with Crippen molar-refractivity contribution in [2.75, 3.05) is 37.0 Å². The maximum absolute atomic E-state index is 10.9. The molecule has 9 nitrogen and oxygen atoms in total. The summed E-state index contributed by atoms with van der Waals surface area (Å²) >= 11 is 0. The van der Waals surface area contributed by atoms with Crippen molar-refractivity contribution >= 4 is 17.5 Å². The molecule has 1 atom stereocenters. The summed E-state index contributed by atoms with van der Waals surface area (Å²) in [5.41, 5.74) is 0.807. The zero-order valence-electron chi connectivity index (χ0n) is 14.0. The van der Waals surface area contributed by atoms with E-state index in [-0.39, 0.29) is 11.6 Å². The topological polar surface area (TPSA) is 101 Å². The van der Waals surface area contributed by atoms with Gasteiger partial charge in [0.05, 0.1) is 10.8 Å². The minimum absolute atomic E-state index is 0.0114. The van der Waals surface area contributed by atoms with Crippen molar-refractivity contribution < 1.29 is 9.45 Å². The Labute approximate surface area is 139 Å². The maximum Gasteiger partial charge on any atom is 0.287 e. The van der Waals surface area contributed by atoms with Gasteiger partial charge in [-0.25, -0.2) is 4.98 Å². The molecule has 2 aromatic rings. The molecule has 2 aromatic heterocycles. The summed E-state index contributed by atoms with van der Waals surface area (Å²) in [6.45, 7) is 3.41. The van der Waals surface area contributed by atoms with Crippen LogP contribution in [0.1, 0.15) is 30.2 Å². The van der Waals surface area contributed by atoms with E-state index in [0.717, 1.165) is 30.8 Å². The van der Waals surface area contributed by atoms with Gasteiger partial charge in [0.1, 0.15) is 12.0 Å². The SMILES string of the molecule is Cc1cc([N+](=O)[O-])cnc1N1CCC[C@@H](c2nc(N(C)C)no2)C1. The lowest BCUT2D eigenvalue weighted by Crippen LogP contribution is -2.35. The zero-order chi connectivity index (χ0) is 17.3. The Morgan fingerprint density at radius 1 is 1.46 bits per heavy atom. The van der Waals surface area contributed by atoms with Crippen LogP contribution in [0.4, 0.5) is 17.5 Å². The number of aromatic nitrogens is 3. The van der Waals surface area contributed by atoms with Gasteiger partial charge in [-0.15, -0.1) is 0 Å². The first-order valence-corrected chi connectivity index (χ1v) is 7.82. The Kier molecular flexibility index (Phi) is 4.32. The van der Waals surface area contributed by atoms with E-state index in [0.29, 0.717) is 18.4 Å². The standard InChI is InChI=1S/C15H20N6O3/c1-10-7-12(21(22)23)8-16-13(10)20-6-4-5-11(9-20)14-17-15(18-24-14)19(2)3/h7-8,11H,4-6,9H2,1-3H3/t11-/m1/s1. The number of piperidine rings is 1. The lowest BCUT2D eigenvalue weighted by molar-refractivity contribution is -0.385. The third-order valence-electron chi connectivity index (χ3n) is 4.15. The number of hydrogen-bond acceptors (Lipinski definition) is 8. The average molecular weight is 332 g/mol. The van der Waals surface area contributed by atoms with Crippen molar-refractivity contribution in [1.82, 2.24) is 15.1 Å². The third kappa shape index (κ3) is 3.15. The fourth-order valence-corrected chi connectivity index (χ4v) is 2.93. The molecule has 128 valence electrons. The van der Waals surface area contributed by atoms with Crippen molar-refractivity contribution in [3.8, 4) is 0 Å². The van der Waals surface area contributed by atoms with Gasteiger partial charge in [0.15, 0.2) is 0 Å². The van der Waals surface area contributed by atoms with E-state index < -0.39 is 4.92 Å². The number of pyridine rings is 1. The van der Waals surface area contributed by atoms with Crippen LogP contribution in [-0.2, 0) is 0 Å². The number of hydrogen-bond donors (Lipinski definition) is 0. The predicted octanol–water partition coefficient (Wildman–Crippen LogP) is 2.13. The predicted molar refractivity (Wildman–Crippen MR) is 88.4 cm³/mol. The molecule has 0 spiro atoms. The molecular formula is C15H20N6O3. The minimum atomic E-state index is -0.427. The van der Waals surface area contributed by atoms with Crippen molar-refractivity contribution in [1.29, 1.82) is 0 Å². The van der Waals surface area contributed by atoms with Crippen LogP contribution in [0.5, 0.6) is 0 Å². The molecule has 0 radical (unpaired) electrons. The van der Waals surface area contributed by atoms with Gasteiger partial charge in [0, 0.05) is 33.3 Å². The molecule has 0 unspecified atom stereocenters. The van der Waals surface area contributed by atoms with Crippen LogP contribution in [-0.4, -0.2) is 47.2 Å². The molecule has 0 aliphatic carbocycles. The number of nitrogens with zero attached hydrogens (tertiary/aromatic N) is 6. The molecule has 0 amide bonds. The van der Waals surface area contributed by atoms with Crippen molar-refractivity contribution in [3.63, 3.8) is 0 Å². The van der Waals surface area contributed by atoms with Crippen LogP contribution in [0.15, 0.2) is 16.8 Å². The Balaban J connectivity index is 1.79. The Bertz CT molecular complexity index is 745. The van der Waals surface area contributed by atoms with Crippen LogP contribution < -0.4 is 9.80 Å². The highest BCUT2D eigenvalue weighted by Crippen LogP contribution is 2.31. The summed E-state index contributed by atoms with van der Waals surface area (Å²) in [5, 5.41) is 14.8. The number of rotatable bonds is 4. The Hall–Kier alpha value is -2.71. The van der Waals surface area contributed by atoms with E-state index in [9.17, 15) is 10.1 Å². The normalized spacial score (nSPS) is 17.8. The fraction of sp³-hybridized carbons (Fsp3) is 0.533. The lowest BCUT2D eigenvalue weighted by atomic mass is 9.97. The van der Waals surface area contributed by atoms with Crippen molar-refractivity contribution in [2.24, 2.45) is 0 Å². The fourth-order valence-electron chi connectivity index (χ4n) is 2.93. The van der Waals surface area contributed by atoms with E-state index in [1.807, 2.05) is 21.0 Å². The second-order valence-corrected chi connectivity index (χ2v) is 6.20. The molecular weight excluding hydrogens is 312 g/mol. The zero-order valence-corrected chi connectivity index (χ0v) is 14.0. The highest BCUT2D eigenvalue weighted by Gasteiger charge is 2.28. The Morgan fingerprint density at radius 3 is 2.88 bits per heavy atom. The van der Waals surface area contributed by atoms with E-state index >= 15 is 0 Å². The van der Waals surface area contributed by atoms with Crippen molar-refractivity contribution in [3.05, 3.63) is 33.8 Å². The molecule has 0 N–H and O–H groups in total. The second kappa shape index (κ2) is 6.42. The second-order valence-electron chi connectivity index (χ2n) is 6.20. The highest BCUT2D eigenvalue weighted by atomic mass is 16.6. The molecule has 1 fully saturated rings. The minimum Gasteiger partial charge on any atom is -0.356 e. The number of aryl methyl sites for hydroxylation is 1. The first-order valence-electron chi connectivity index (χ1n) is 7.82. The number of anilines is 2. The smallest absolute Gasteiger partial charge is 0.287 e. The van der Waals surface area contributed by atoms with E-state index in [2.05, 4.69) is 20.0 Å². The van der Waals surface area contributed by atoms with E-state index in [1.165, 1.54) is 6.20 Å². The third-order valence-corrected chi connectivity index (χ3v) is 4.15. The van der Waals surface area contributed by atoms with E-state index in [4.69, 9.17) is 4.52 Å². The quantitative estimate of drug-likeness (QED) is 0.620. The Morgan fingerprint density at radius 2 is 2.25 bits per heavy atom. The largest absolute Gasteiger partial charge is 0.356 e. The molecule has 0 saturated carbocycles. The molecule has 9 heteroatoms. The van der Waals surface area contributed by atoms with Crippen LogP contribution in [0.2, 0.25) is 0 Å². The summed E-state index contributed by atoms with van der Waals surface area (Å²) in [4.78, 5) is 23.1. The molecule has 0 bridgehead atoms. The molecule has 1 aliphatic heterocycles. The average Bonchev–Trinajstić information content (AvgIpc) is 3.05. The summed E-state index contributed by atoms with van der Waals surface area (Å²) < 4.78 is 5.39. The molecule has 3 rings (SSSR count). The molecule has 1 saturated heterocycles. The van der Waals surface area contributed by atoms with E-state index in [1.54, 1.807) is 11.0 Å². The molecule has 3 heterocycles.